The number of aromatic nitrogens is 1. The number of nitrogens with one attached hydrogen (secondary N) is 1. The minimum atomic E-state index is -0.825. The molecule has 1 atom stereocenters. The zero-order valence-corrected chi connectivity index (χ0v) is 13.4. The third-order valence-corrected chi connectivity index (χ3v) is 5.03. The van der Waals surface area contributed by atoms with Gasteiger partial charge in [-0.25, -0.2) is 9.78 Å². The third-order valence-electron chi connectivity index (χ3n) is 4.21. The summed E-state index contributed by atoms with van der Waals surface area (Å²) in [5.41, 5.74) is 0.00701. The lowest BCUT2D eigenvalue weighted by Crippen LogP contribution is -2.43. The number of aryl methyl sites for hydroxylation is 1. The number of hydrogen-bond acceptors (Lipinski definition) is 4. The van der Waals surface area contributed by atoms with Crippen LogP contribution in [0.2, 0.25) is 0 Å². The van der Waals surface area contributed by atoms with Crippen molar-refractivity contribution in [2.24, 2.45) is 11.3 Å². The third kappa shape index (κ3) is 3.18. The van der Waals surface area contributed by atoms with Gasteiger partial charge in [-0.1, -0.05) is 13.8 Å². The Hall–Kier alpha value is -1.63. The van der Waals surface area contributed by atoms with Crippen molar-refractivity contribution in [3.63, 3.8) is 0 Å². The summed E-state index contributed by atoms with van der Waals surface area (Å²) in [6.07, 6.45) is 0.503. The second-order valence-electron chi connectivity index (χ2n) is 5.80. The van der Waals surface area contributed by atoms with Crippen molar-refractivity contribution >= 4 is 23.3 Å². The van der Waals surface area contributed by atoms with E-state index in [9.17, 15) is 14.7 Å². The van der Waals surface area contributed by atoms with Gasteiger partial charge in [-0.15, -0.1) is 11.3 Å². The van der Waals surface area contributed by atoms with Gasteiger partial charge in [0.25, 0.3) is 0 Å². The first kappa shape index (κ1) is 15.8. The molecule has 1 aromatic rings. The van der Waals surface area contributed by atoms with Crippen LogP contribution in [0.4, 0.5) is 4.79 Å². The second kappa shape index (κ2) is 6.01. The van der Waals surface area contributed by atoms with Crippen molar-refractivity contribution in [1.82, 2.24) is 15.2 Å². The van der Waals surface area contributed by atoms with Gasteiger partial charge in [-0.05, 0) is 19.3 Å². The average molecular weight is 311 g/mol. The maximum absolute atomic E-state index is 12.2. The van der Waals surface area contributed by atoms with Gasteiger partial charge in [0, 0.05) is 18.5 Å². The molecular weight excluding hydrogens is 290 g/mol. The summed E-state index contributed by atoms with van der Waals surface area (Å²) in [7, 11) is 0. The molecule has 0 aromatic carbocycles. The van der Waals surface area contributed by atoms with Crippen LogP contribution < -0.4 is 5.32 Å². The number of rotatable bonds is 4. The summed E-state index contributed by atoms with van der Waals surface area (Å²) < 4.78 is 0. The van der Waals surface area contributed by atoms with Crippen molar-refractivity contribution in [2.45, 2.75) is 33.7 Å². The van der Waals surface area contributed by atoms with Gasteiger partial charge in [0.2, 0.25) is 0 Å². The number of amides is 2. The van der Waals surface area contributed by atoms with Gasteiger partial charge in [-0.3, -0.25) is 4.79 Å². The molecule has 1 aliphatic rings. The normalized spacial score (nSPS) is 21.8. The number of carboxylic acids is 1. The lowest BCUT2D eigenvalue weighted by atomic mass is 9.76. The topological polar surface area (TPSA) is 82.5 Å². The fourth-order valence-corrected chi connectivity index (χ4v) is 3.28. The molecule has 1 aliphatic heterocycles. The highest BCUT2D eigenvalue weighted by Gasteiger charge is 2.48. The highest BCUT2D eigenvalue weighted by molar-refractivity contribution is 7.09. The highest BCUT2D eigenvalue weighted by atomic mass is 32.1. The smallest absolute Gasteiger partial charge is 0.317 e. The number of likely N-dealkylation sites (tertiary alicyclic amines) is 1. The van der Waals surface area contributed by atoms with Crippen LogP contribution in [-0.4, -0.2) is 40.1 Å². The number of urea groups is 1. The molecule has 0 aliphatic carbocycles. The molecule has 2 heterocycles. The molecular formula is C14H21N3O3S. The van der Waals surface area contributed by atoms with E-state index in [1.54, 1.807) is 16.2 Å². The van der Waals surface area contributed by atoms with Gasteiger partial charge in [0.1, 0.15) is 0 Å². The number of carboxylic acid groups (broad SMARTS) is 1. The van der Waals surface area contributed by atoms with Crippen LogP contribution in [0.15, 0.2) is 5.38 Å². The van der Waals surface area contributed by atoms with Crippen LogP contribution in [0.5, 0.6) is 0 Å². The molecule has 1 unspecified atom stereocenters. The summed E-state index contributed by atoms with van der Waals surface area (Å²) in [5, 5.41) is 15.2. The first-order chi connectivity index (χ1) is 9.85. The van der Waals surface area contributed by atoms with E-state index in [1.807, 2.05) is 26.2 Å². The summed E-state index contributed by atoms with van der Waals surface area (Å²) in [5.74, 6) is -0.822. The van der Waals surface area contributed by atoms with Crippen molar-refractivity contribution in [3.8, 4) is 0 Å². The average Bonchev–Trinajstić information content (AvgIpc) is 3.03. The van der Waals surface area contributed by atoms with Gasteiger partial charge in [0.05, 0.1) is 22.7 Å². The zero-order valence-electron chi connectivity index (χ0n) is 12.5. The molecule has 0 saturated carbocycles. The number of aliphatic carboxylic acids is 1. The Bertz CT molecular complexity index is 543. The Kier molecular flexibility index (Phi) is 4.51. The van der Waals surface area contributed by atoms with Crippen LogP contribution in [0.25, 0.3) is 0 Å². The second-order valence-corrected chi connectivity index (χ2v) is 6.87. The number of hydrogen-bond donors (Lipinski definition) is 2. The molecule has 6 nitrogen and oxygen atoms in total. The van der Waals surface area contributed by atoms with Gasteiger partial charge >= 0.3 is 12.0 Å². The standard InChI is InChI=1S/C14H21N3O3S/c1-9(2)14(12(18)19)4-5-17(8-14)13(20)15-6-11-7-21-10(3)16-11/h7,9H,4-6,8H2,1-3H3,(H,15,20)(H,18,19). The number of thiazole rings is 1. The summed E-state index contributed by atoms with van der Waals surface area (Å²) in [4.78, 5) is 29.6. The number of carbonyl (C=O) groups is 2. The largest absolute Gasteiger partial charge is 0.481 e. The van der Waals surface area contributed by atoms with Crippen LogP contribution in [0, 0.1) is 18.3 Å². The van der Waals surface area contributed by atoms with E-state index in [2.05, 4.69) is 10.3 Å². The predicted molar refractivity (Wildman–Crippen MR) is 80.2 cm³/mol. The molecule has 21 heavy (non-hydrogen) atoms. The molecule has 1 saturated heterocycles. The van der Waals surface area contributed by atoms with E-state index in [0.717, 1.165) is 10.7 Å². The van der Waals surface area contributed by atoms with Crippen molar-refractivity contribution in [3.05, 3.63) is 16.1 Å². The molecule has 0 bridgehead atoms. The van der Waals surface area contributed by atoms with E-state index < -0.39 is 11.4 Å². The maximum atomic E-state index is 12.2. The number of carbonyl (C=O) groups excluding carboxylic acids is 1. The van der Waals surface area contributed by atoms with Crippen LogP contribution in [0.1, 0.15) is 31.0 Å². The molecule has 0 spiro atoms. The Morgan fingerprint density at radius 1 is 1.57 bits per heavy atom. The molecule has 1 aromatic heterocycles. The Morgan fingerprint density at radius 3 is 2.76 bits per heavy atom. The minimum Gasteiger partial charge on any atom is -0.481 e. The Balaban J connectivity index is 1.94. The SMILES string of the molecule is Cc1nc(CNC(=O)N2CCC(C(=O)O)(C(C)C)C2)cs1. The summed E-state index contributed by atoms with van der Waals surface area (Å²) in [6.45, 7) is 6.83. The van der Waals surface area contributed by atoms with Crippen LogP contribution >= 0.6 is 11.3 Å². The van der Waals surface area contributed by atoms with E-state index in [4.69, 9.17) is 0 Å². The summed E-state index contributed by atoms with van der Waals surface area (Å²) in [6, 6.07) is -0.218. The fourth-order valence-electron chi connectivity index (χ4n) is 2.67. The monoisotopic (exact) mass is 311 g/mol. The Morgan fingerprint density at radius 2 is 2.29 bits per heavy atom. The van der Waals surface area contributed by atoms with Crippen molar-refractivity contribution in [1.29, 1.82) is 0 Å². The first-order valence-corrected chi connectivity index (χ1v) is 7.90. The number of nitrogens with zero attached hydrogens (tertiary/aromatic N) is 2. The molecule has 0 radical (unpaired) electrons. The zero-order chi connectivity index (χ0) is 15.6. The van der Waals surface area contributed by atoms with E-state index >= 15 is 0 Å². The molecule has 2 N–H and O–H groups in total. The lowest BCUT2D eigenvalue weighted by molar-refractivity contribution is -0.150. The maximum Gasteiger partial charge on any atom is 0.317 e. The fraction of sp³-hybridized carbons (Fsp3) is 0.643. The quantitative estimate of drug-likeness (QED) is 0.892. The van der Waals surface area contributed by atoms with E-state index in [0.29, 0.717) is 19.5 Å². The van der Waals surface area contributed by atoms with Gasteiger partial charge < -0.3 is 15.3 Å². The van der Waals surface area contributed by atoms with E-state index in [-0.39, 0.29) is 18.5 Å². The first-order valence-electron chi connectivity index (χ1n) is 7.02. The van der Waals surface area contributed by atoms with Gasteiger partial charge in [-0.2, -0.15) is 0 Å². The van der Waals surface area contributed by atoms with E-state index in [1.165, 1.54) is 0 Å². The van der Waals surface area contributed by atoms with Crippen LogP contribution in [-0.2, 0) is 11.3 Å². The molecule has 1 fully saturated rings. The molecule has 7 heteroatoms. The van der Waals surface area contributed by atoms with Crippen molar-refractivity contribution in [2.75, 3.05) is 13.1 Å². The summed E-state index contributed by atoms with van der Waals surface area (Å²) >= 11 is 1.54. The van der Waals surface area contributed by atoms with Gasteiger partial charge in [0.15, 0.2) is 0 Å². The Labute approximate surface area is 128 Å². The molecule has 2 rings (SSSR count). The predicted octanol–water partition coefficient (Wildman–Crippen LogP) is 2.09. The lowest BCUT2D eigenvalue weighted by Gasteiger charge is -2.28. The molecule has 116 valence electrons. The highest BCUT2D eigenvalue weighted by Crippen LogP contribution is 2.38. The molecule has 2 amide bonds. The van der Waals surface area contributed by atoms with Crippen LogP contribution in [0.3, 0.4) is 0 Å². The minimum absolute atomic E-state index is 0.00556. The van der Waals surface area contributed by atoms with Crippen molar-refractivity contribution < 1.29 is 14.7 Å².